The first-order chi connectivity index (χ1) is 8.19. The van der Waals surface area contributed by atoms with Crippen molar-refractivity contribution in [1.82, 2.24) is 0 Å². The Balaban J connectivity index is 2.86. The third-order valence-corrected chi connectivity index (χ3v) is 2.20. The summed E-state index contributed by atoms with van der Waals surface area (Å²) >= 11 is 0. The van der Waals surface area contributed by atoms with Gasteiger partial charge in [0.05, 0.1) is 0 Å². The van der Waals surface area contributed by atoms with Gasteiger partial charge in [-0.15, -0.1) is 0 Å². The molecule has 0 spiro atoms. The fourth-order valence-electron chi connectivity index (χ4n) is 1.39. The normalized spacial score (nSPS) is 9.76. The molecule has 0 heterocycles. The van der Waals surface area contributed by atoms with E-state index >= 15 is 0 Å². The van der Waals surface area contributed by atoms with Crippen molar-refractivity contribution in [2.45, 2.75) is 26.7 Å². The molecule has 0 aliphatic carbocycles. The molecule has 3 nitrogen and oxygen atoms in total. The van der Waals surface area contributed by atoms with Crippen molar-refractivity contribution in [3.05, 3.63) is 36.4 Å². The Bertz CT molecular complexity index is 396. The Morgan fingerprint density at radius 1 is 1.47 bits per heavy atom. The molecule has 0 atom stereocenters. The molecule has 0 bridgehead atoms. The molecule has 0 aliphatic heterocycles. The largest absolute Gasteiger partial charge is 0.486 e. The second-order valence-corrected chi connectivity index (χ2v) is 3.73. The highest BCUT2D eigenvalue weighted by molar-refractivity contribution is 5.73. The molecule has 92 valence electrons. The first-order valence-corrected chi connectivity index (χ1v) is 5.73. The lowest BCUT2D eigenvalue weighted by Gasteiger charge is -2.12. The molecule has 0 unspecified atom stereocenters. The van der Waals surface area contributed by atoms with Gasteiger partial charge in [0.15, 0.2) is 11.5 Å². The van der Waals surface area contributed by atoms with Crippen LogP contribution in [0.3, 0.4) is 0 Å². The third-order valence-electron chi connectivity index (χ3n) is 2.20. The van der Waals surface area contributed by atoms with E-state index in [-0.39, 0.29) is 5.97 Å². The van der Waals surface area contributed by atoms with Crippen LogP contribution in [0.25, 0.3) is 0 Å². The van der Waals surface area contributed by atoms with Crippen molar-refractivity contribution in [1.29, 1.82) is 0 Å². The van der Waals surface area contributed by atoms with Gasteiger partial charge in [0, 0.05) is 6.42 Å². The maximum atomic E-state index is 11.5. The van der Waals surface area contributed by atoms with Crippen molar-refractivity contribution >= 4 is 5.97 Å². The average Bonchev–Trinajstić information content (AvgIpc) is 2.30. The number of para-hydroxylation sites is 1. The zero-order chi connectivity index (χ0) is 12.7. The molecular formula is C14H18O3. The first kappa shape index (κ1) is 13.3. The number of hydrogen-bond acceptors (Lipinski definition) is 3. The molecule has 0 saturated heterocycles. The monoisotopic (exact) mass is 234 g/mol. The van der Waals surface area contributed by atoms with Gasteiger partial charge in [0.1, 0.15) is 6.61 Å². The van der Waals surface area contributed by atoms with Crippen LogP contribution in [0.15, 0.2) is 30.9 Å². The molecule has 0 radical (unpaired) electrons. The van der Waals surface area contributed by atoms with E-state index in [0.717, 1.165) is 12.0 Å². The van der Waals surface area contributed by atoms with Gasteiger partial charge in [-0.2, -0.15) is 0 Å². The van der Waals surface area contributed by atoms with E-state index < -0.39 is 0 Å². The van der Waals surface area contributed by atoms with Crippen molar-refractivity contribution in [3.8, 4) is 11.5 Å². The van der Waals surface area contributed by atoms with Crippen LogP contribution in [-0.4, -0.2) is 12.6 Å². The summed E-state index contributed by atoms with van der Waals surface area (Å²) in [4.78, 5) is 11.5. The van der Waals surface area contributed by atoms with Crippen molar-refractivity contribution in [2.75, 3.05) is 6.61 Å². The van der Waals surface area contributed by atoms with Crippen LogP contribution in [0.1, 0.15) is 25.3 Å². The number of benzene rings is 1. The highest BCUT2D eigenvalue weighted by Crippen LogP contribution is 2.31. The molecule has 1 rings (SSSR count). The minimum absolute atomic E-state index is 0.231. The highest BCUT2D eigenvalue weighted by atomic mass is 16.6. The van der Waals surface area contributed by atoms with Crippen LogP contribution >= 0.6 is 0 Å². The topological polar surface area (TPSA) is 35.5 Å². The summed E-state index contributed by atoms with van der Waals surface area (Å²) < 4.78 is 10.8. The van der Waals surface area contributed by atoms with Gasteiger partial charge in [-0.25, -0.2) is 0 Å². The summed E-state index contributed by atoms with van der Waals surface area (Å²) in [7, 11) is 0. The lowest BCUT2D eigenvalue weighted by Crippen LogP contribution is -2.09. The summed E-state index contributed by atoms with van der Waals surface area (Å²) in [6, 6.07) is 5.53. The smallest absolute Gasteiger partial charge is 0.311 e. The molecular weight excluding hydrogens is 216 g/mol. The second-order valence-electron chi connectivity index (χ2n) is 3.73. The van der Waals surface area contributed by atoms with E-state index in [2.05, 4.69) is 6.58 Å². The Kier molecular flexibility index (Phi) is 5.27. The quantitative estimate of drug-likeness (QED) is 0.430. The highest BCUT2D eigenvalue weighted by Gasteiger charge is 2.12. The van der Waals surface area contributed by atoms with Crippen LogP contribution in [-0.2, 0) is 4.79 Å². The number of hydrogen-bond donors (Lipinski definition) is 0. The number of aryl methyl sites for hydroxylation is 1. The summed E-state index contributed by atoms with van der Waals surface area (Å²) in [5, 5.41) is 0. The third kappa shape index (κ3) is 3.94. The number of esters is 1. The molecule has 0 fully saturated rings. The van der Waals surface area contributed by atoms with Gasteiger partial charge in [-0.05, 0) is 25.0 Å². The molecule has 3 heteroatoms. The lowest BCUT2D eigenvalue weighted by molar-refractivity contribution is -0.134. The maximum Gasteiger partial charge on any atom is 0.311 e. The maximum absolute atomic E-state index is 11.5. The van der Waals surface area contributed by atoms with Crippen molar-refractivity contribution < 1.29 is 14.3 Å². The minimum Gasteiger partial charge on any atom is -0.486 e. The number of carbonyl (C=O) groups excluding carboxylic acids is 1. The summed E-state index contributed by atoms with van der Waals surface area (Å²) in [6.45, 7) is 7.80. The lowest BCUT2D eigenvalue weighted by atomic mass is 10.2. The molecule has 17 heavy (non-hydrogen) atoms. The van der Waals surface area contributed by atoms with E-state index in [9.17, 15) is 4.79 Å². The molecule has 0 saturated carbocycles. The van der Waals surface area contributed by atoms with E-state index in [1.807, 2.05) is 26.0 Å². The van der Waals surface area contributed by atoms with Gasteiger partial charge in [0.25, 0.3) is 0 Å². The Labute approximate surface area is 102 Å². The fraction of sp³-hybridized carbons (Fsp3) is 0.357. The zero-order valence-electron chi connectivity index (χ0n) is 10.4. The van der Waals surface area contributed by atoms with Gasteiger partial charge >= 0.3 is 5.97 Å². The zero-order valence-corrected chi connectivity index (χ0v) is 10.4. The van der Waals surface area contributed by atoms with Crippen molar-refractivity contribution in [2.24, 2.45) is 0 Å². The Hall–Kier alpha value is -1.77. The van der Waals surface area contributed by atoms with E-state index in [0.29, 0.717) is 24.5 Å². The average molecular weight is 234 g/mol. The standard InChI is InChI=1S/C14H18O3/c1-4-7-13(15)17-14-11(3)8-6-9-12(14)16-10-5-2/h5-6,8-9H,2,4,7,10H2,1,3H3. The summed E-state index contributed by atoms with van der Waals surface area (Å²) in [6.07, 6.45) is 2.84. The van der Waals surface area contributed by atoms with Gasteiger partial charge in [-0.3, -0.25) is 4.79 Å². The van der Waals surface area contributed by atoms with Crippen LogP contribution in [0.4, 0.5) is 0 Å². The SMILES string of the molecule is C=CCOc1cccc(C)c1OC(=O)CCC. The molecule has 1 aromatic carbocycles. The van der Waals surface area contributed by atoms with Gasteiger partial charge in [-0.1, -0.05) is 31.7 Å². The predicted molar refractivity (Wildman–Crippen MR) is 67.4 cm³/mol. The van der Waals surface area contributed by atoms with Crippen molar-refractivity contribution in [3.63, 3.8) is 0 Å². The molecule has 0 N–H and O–H groups in total. The number of rotatable bonds is 6. The van der Waals surface area contributed by atoms with E-state index in [1.165, 1.54) is 0 Å². The number of carbonyl (C=O) groups is 1. The predicted octanol–water partition coefficient (Wildman–Crippen LogP) is 3.27. The molecule has 0 aliphatic rings. The minimum atomic E-state index is -0.231. The molecule has 0 aromatic heterocycles. The van der Waals surface area contributed by atoms with Crippen LogP contribution < -0.4 is 9.47 Å². The fourth-order valence-corrected chi connectivity index (χ4v) is 1.39. The van der Waals surface area contributed by atoms with Crippen LogP contribution in [0, 0.1) is 6.92 Å². The van der Waals surface area contributed by atoms with E-state index in [1.54, 1.807) is 12.1 Å². The molecule has 1 aromatic rings. The van der Waals surface area contributed by atoms with Gasteiger partial charge < -0.3 is 9.47 Å². The Morgan fingerprint density at radius 3 is 2.88 bits per heavy atom. The molecule has 0 amide bonds. The second kappa shape index (κ2) is 6.74. The summed E-state index contributed by atoms with van der Waals surface area (Å²) in [5.74, 6) is 0.854. The number of ether oxygens (including phenoxy) is 2. The first-order valence-electron chi connectivity index (χ1n) is 5.73. The van der Waals surface area contributed by atoms with Crippen LogP contribution in [0.5, 0.6) is 11.5 Å². The van der Waals surface area contributed by atoms with Crippen LogP contribution in [0.2, 0.25) is 0 Å². The summed E-state index contributed by atoms with van der Waals surface area (Å²) in [5.41, 5.74) is 0.885. The van der Waals surface area contributed by atoms with Gasteiger partial charge in [0.2, 0.25) is 0 Å². The van der Waals surface area contributed by atoms with E-state index in [4.69, 9.17) is 9.47 Å². The Morgan fingerprint density at radius 2 is 2.24 bits per heavy atom.